The van der Waals surface area contributed by atoms with Crippen molar-refractivity contribution in [2.45, 2.75) is 13.8 Å². The first kappa shape index (κ1) is 12.1. The van der Waals surface area contributed by atoms with Gasteiger partial charge in [0.05, 0.1) is 0 Å². The molecule has 0 fully saturated rings. The number of halogens is 2. The quantitative estimate of drug-likeness (QED) is 0.814. The number of benzene rings is 1. The predicted molar refractivity (Wildman–Crippen MR) is 49.8 cm³/mol. The van der Waals surface area contributed by atoms with Crippen LogP contribution in [0.15, 0.2) is 0 Å². The van der Waals surface area contributed by atoms with Gasteiger partial charge in [-0.1, -0.05) is 0 Å². The van der Waals surface area contributed by atoms with E-state index in [4.69, 9.17) is 10.2 Å². The van der Waals surface area contributed by atoms with Crippen molar-refractivity contribution in [2.24, 2.45) is 0 Å². The third kappa shape index (κ3) is 1.62. The Bertz CT molecular complexity index is 420. The Hall–Kier alpha value is -1.98. The fourth-order valence-electron chi connectivity index (χ4n) is 1.43. The summed E-state index contributed by atoms with van der Waals surface area (Å²) in [6.45, 7) is 2.04. The molecule has 0 radical (unpaired) electrons. The normalized spacial score (nSPS) is 10.2. The Kier molecular flexibility index (Phi) is 2.93. The van der Waals surface area contributed by atoms with E-state index >= 15 is 0 Å². The molecule has 0 amide bonds. The minimum atomic E-state index is -1.63. The molecule has 86 valence electrons. The molecule has 1 aromatic carbocycles. The van der Waals surface area contributed by atoms with Crippen LogP contribution < -0.4 is 0 Å². The molecule has 2 N–H and O–H groups in total. The summed E-state index contributed by atoms with van der Waals surface area (Å²) in [5.41, 5.74) is -2.71. The summed E-state index contributed by atoms with van der Waals surface area (Å²) in [7, 11) is 0. The van der Waals surface area contributed by atoms with E-state index in [9.17, 15) is 18.4 Å². The highest BCUT2D eigenvalue weighted by Crippen LogP contribution is 2.25. The third-order valence-corrected chi connectivity index (χ3v) is 2.28. The van der Waals surface area contributed by atoms with Crippen LogP contribution in [0.5, 0.6) is 0 Å². The zero-order valence-corrected chi connectivity index (χ0v) is 8.47. The van der Waals surface area contributed by atoms with Gasteiger partial charge in [0.25, 0.3) is 0 Å². The molecule has 1 aromatic rings. The lowest BCUT2D eigenvalue weighted by molar-refractivity contribution is 0.0670. The Labute approximate surface area is 89.1 Å². The van der Waals surface area contributed by atoms with Crippen LogP contribution in [0.2, 0.25) is 0 Å². The predicted octanol–water partition coefficient (Wildman–Crippen LogP) is 1.98. The highest BCUT2D eigenvalue weighted by atomic mass is 19.1. The van der Waals surface area contributed by atoms with Gasteiger partial charge in [0.15, 0.2) is 0 Å². The Balaban J connectivity index is 3.77. The maximum atomic E-state index is 13.5. The van der Waals surface area contributed by atoms with Crippen LogP contribution in [0, 0.1) is 25.5 Å². The molecular weight excluding hydrogens is 222 g/mol. The first-order chi connectivity index (χ1) is 7.29. The lowest BCUT2D eigenvalue weighted by Gasteiger charge is -2.10. The van der Waals surface area contributed by atoms with E-state index in [-0.39, 0.29) is 0 Å². The second-order valence-corrected chi connectivity index (χ2v) is 3.24. The van der Waals surface area contributed by atoms with Gasteiger partial charge in [-0.05, 0) is 13.8 Å². The maximum Gasteiger partial charge on any atom is 0.339 e. The average Bonchev–Trinajstić information content (AvgIpc) is 2.14. The molecule has 0 aliphatic rings. The minimum absolute atomic E-state index is 0.520. The number of hydrogen-bond donors (Lipinski definition) is 2. The fourth-order valence-corrected chi connectivity index (χ4v) is 1.43. The molecule has 0 unspecified atom stereocenters. The fraction of sp³-hybridized carbons (Fsp3) is 0.200. The number of aromatic carboxylic acids is 2. The van der Waals surface area contributed by atoms with Crippen LogP contribution in [0.25, 0.3) is 0 Å². The summed E-state index contributed by atoms with van der Waals surface area (Å²) in [5, 5.41) is 17.3. The van der Waals surface area contributed by atoms with E-state index in [0.29, 0.717) is 0 Å². The highest BCUT2D eigenvalue weighted by Gasteiger charge is 2.26. The second-order valence-electron chi connectivity index (χ2n) is 3.24. The van der Waals surface area contributed by atoms with Gasteiger partial charge in [-0.25, -0.2) is 18.4 Å². The van der Waals surface area contributed by atoms with Crippen LogP contribution in [-0.4, -0.2) is 22.2 Å². The number of rotatable bonds is 2. The summed E-state index contributed by atoms with van der Waals surface area (Å²) in [6, 6.07) is 0. The average molecular weight is 230 g/mol. The molecule has 0 aliphatic heterocycles. The van der Waals surface area contributed by atoms with Crippen LogP contribution in [-0.2, 0) is 0 Å². The van der Waals surface area contributed by atoms with Crippen LogP contribution in [0.1, 0.15) is 31.8 Å². The van der Waals surface area contributed by atoms with E-state index in [2.05, 4.69) is 0 Å². The smallest absolute Gasteiger partial charge is 0.339 e. The van der Waals surface area contributed by atoms with Crippen molar-refractivity contribution >= 4 is 11.9 Å². The SMILES string of the molecule is Cc1c(F)c(C(=O)O)c(C)c(F)c1C(=O)O. The molecule has 1 rings (SSSR count). The molecule has 0 saturated heterocycles. The lowest BCUT2D eigenvalue weighted by Crippen LogP contribution is -2.14. The molecular formula is C10H8F2O4. The van der Waals surface area contributed by atoms with E-state index < -0.39 is 45.8 Å². The molecule has 0 heterocycles. The molecule has 16 heavy (non-hydrogen) atoms. The van der Waals surface area contributed by atoms with Crippen molar-refractivity contribution < 1.29 is 28.6 Å². The minimum Gasteiger partial charge on any atom is -0.478 e. The first-order valence-corrected chi connectivity index (χ1v) is 4.23. The largest absolute Gasteiger partial charge is 0.478 e. The zero-order valence-electron chi connectivity index (χ0n) is 8.47. The van der Waals surface area contributed by atoms with Gasteiger partial charge in [0, 0.05) is 11.1 Å². The van der Waals surface area contributed by atoms with Gasteiger partial charge in [0.1, 0.15) is 22.8 Å². The number of carboxylic acids is 2. The second kappa shape index (κ2) is 3.88. The summed E-state index contributed by atoms with van der Waals surface area (Å²) >= 11 is 0. The van der Waals surface area contributed by atoms with Crippen LogP contribution >= 0.6 is 0 Å². The van der Waals surface area contributed by atoms with Crippen molar-refractivity contribution in [3.05, 3.63) is 33.9 Å². The summed E-state index contributed by atoms with van der Waals surface area (Å²) in [5.74, 6) is -5.70. The molecule has 6 heteroatoms. The molecule has 0 aliphatic carbocycles. The Morgan fingerprint density at radius 3 is 1.31 bits per heavy atom. The van der Waals surface area contributed by atoms with E-state index in [1.165, 1.54) is 0 Å². The Morgan fingerprint density at radius 1 is 0.875 bits per heavy atom. The van der Waals surface area contributed by atoms with Gasteiger partial charge in [-0.3, -0.25) is 0 Å². The summed E-state index contributed by atoms with van der Waals surface area (Å²) < 4.78 is 27.0. The van der Waals surface area contributed by atoms with Gasteiger partial charge in [0.2, 0.25) is 0 Å². The van der Waals surface area contributed by atoms with Crippen molar-refractivity contribution in [1.82, 2.24) is 0 Å². The molecule has 4 nitrogen and oxygen atoms in total. The molecule has 0 bridgehead atoms. The van der Waals surface area contributed by atoms with E-state index in [1.54, 1.807) is 0 Å². The van der Waals surface area contributed by atoms with Gasteiger partial charge in [-0.15, -0.1) is 0 Å². The van der Waals surface area contributed by atoms with Crippen molar-refractivity contribution in [1.29, 1.82) is 0 Å². The topological polar surface area (TPSA) is 74.6 Å². The summed E-state index contributed by atoms with van der Waals surface area (Å²) in [4.78, 5) is 21.3. The molecule has 0 aromatic heterocycles. The van der Waals surface area contributed by atoms with Crippen molar-refractivity contribution in [2.75, 3.05) is 0 Å². The molecule has 0 spiro atoms. The maximum absolute atomic E-state index is 13.5. The van der Waals surface area contributed by atoms with E-state index in [0.717, 1.165) is 13.8 Å². The third-order valence-electron chi connectivity index (χ3n) is 2.28. The van der Waals surface area contributed by atoms with Gasteiger partial charge < -0.3 is 10.2 Å². The van der Waals surface area contributed by atoms with Crippen molar-refractivity contribution in [3.8, 4) is 0 Å². The standard InChI is InChI=1S/C10H8F2O4/c1-3-5(9(13)14)8(12)4(2)6(7(3)11)10(15)16/h1-2H3,(H,13,14)(H,15,16). The molecule has 0 saturated carbocycles. The van der Waals surface area contributed by atoms with Gasteiger partial charge in [-0.2, -0.15) is 0 Å². The van der Waals surface area contributed by atoms with E-state index in [1.807, 2.05) is 0 Å². The molecule has 0 atom stereocenters. The number of hydrogen-bond acceptors (Lipinski definition) is 2. The first-order valence-electron chi connectivity index (χ1n) is 4.23. The van der Waals surface area contributed by atoms with Crippen LogP contribution in [0.4, 0.5) is 8.78 Å². The number of carbonyl (C=O) groups is 2. The van der Waals surface area contributed by atoms with Crippen molar-refractivity contribution in [3.63, 3.8) is 0 Å². The Morgan fingerprint density at radius 2 is 1.12 bits per heavy atom. The lowest BCUT2D eigenvalue weighted by atomic mass is 9.98. The number of carboxylic acid groups (broad SMARTS) is 2. The van der Waals surface area contributed by atoms with Crippen LogP contribution in [0.3, 0.4) is 0 Å². The van der Waals surface area contributed by atoms with Gasteiger partial charge >= 0.3 is 11.9 Å². The highest BCUT2D eigenvalue weighted by molar-refractivity contribution is 5.95. The summed E-state index contributed by atoms with van der Waals surface area (Å²) in [6.07, 6.45) is 0. The zero-order chi connectivity index (χ0) is 12.6. The monoisotopic (exact) mass is 230 g/mol.